The predicted octanol–water partition coefficient (Wildman–Crippen LogP) is 5.01. The van der Waals surface area contributed by atoms with Gasteiger partial charge in [0.1, 0.15) is 6.61 Å². The van der Waals surface area contributed by atoms with Crippen molar-refractivity contribution in [1.29, 1.82) is 0 Å². The van der Waals surface area contributed by atoms with Crippen molar-refractivity contribution >= 4 is 22.5 Å². The summed E-state index contributed by atoms with van der Waals surface area (Å²) in [7, 11) is 0. The Bertz CT molecular complexity index is 1430. The first-order valence-corrected chi connectivity index (χ1v) is 10.0. The van der Waals surface area contributed by atoms with Crippen LogP contribution >= 0.6 is 11.6 Å². The van der Waals surface area contributed by atoms with Crippen LogP contribution in [0, 0.1) is 0 Å². The molecule has 0 atom stereocenters. The van der Waals surface area contributed by atoms with Gasteiger partial charge in [0.25, 0.3) is 0 Å². The molecular weight excluding hydrogens is 412 g/mol. The van der Waals surface area contributed by atoms with E-state index in [1.807, 2.05) is 54.6 Å². The molecule has 0 unspecified atom stereocenters. The van der Waals surface area contributed by atoms with Crippen molar-refractivity contribution in [2.75, 3.05) is 0 Å². The number of rotatable bonds is 5. The van der Waals surface area contributed by atoms with Crippen LogP contribution in [0.15, 0.2) is 90.1 Å². The van der Waals surface area contributed by atoms with E-state index >= 15 is 0 Å². The fraction of sp³-hybridized carbons (Fsp3) is 0.0417. The summed E-state index contributed by atoms with van der Waals surface area (Å²) in [4.78, 5) is 23.6. The van der Waals surface area contributed by atoms with Crippen LogP contribution in [0.1, 0.15) is 5.56 Å². The van der Waals surface area contributed by atoms with E-state index in [-0.39, 0.29) is 12.3 Å². The van der Waals surface area contributed by atoms with Crippen LogP contribution in [0.2, 0.25) is 5.02 Å². The number of halogens is 1. The lowest BCUT2D eigenvalue weighted by atomic mass is 10.1. The van der Waals surface area contributed by atoms with E-state index in [2.05, 4.69) is 15.0 Å². The Morgan fingerprint density at radius 3 is 2.68 bits per heavy atom. The van der Waals surface area contributed by atoms with Crippen LogP contribution in [0.3, 0.4) is 0 Å². The second-order valence-electron chi connectivity index (χ2n) is 6.96. The SMILES string of the molecule is O=c1[nH]cc(-c2ccc(COc3ccc4ccccc4n3)c(Cl)c2)n1-c1ccncc1. The number of aromatic nitrogens is 4. The third-order valence-electron chi connectivity index (χ3n) is 4.99. The summed E-state index contributed by atoms with van der Waals surface area (Å²) >= 11 is 6.54. The quantitative estimate of drug-likeness (QED) is 0.427. The Labute approximate surface area is 182 Å². The number of fused-ring (bicyclic) bond motifs is 1. The number of H-pyrrole nitrogens is 1. The highest BCUT2D eigenvalue weighted by molar-refractivity contribution is 6.31. The van der Waals surface area contributed by atoms with Crippen molar-refractivity contribution in [3.8, 4) is 22.8 Å². The number of para-hydroxylation sites is 1. The predicted molar refractivity (Wildman–Crippen MR) is 121 cm³/mol. The van der Waals surface area contributed by atoms with Crippen molar-refractivity contribution in [2.45, 2.75) is 6.61 Å². The van der Waals surface area contributed by atoms with Gasteiger partial charge < -0.3 is 9.72 Å². The smallest absolute Gasteiger partial charge is 0.330 e. The molecule has 0 aliphatic carbocycles. The maximum Gasteiger partial charge on any atom is 0.330 e. The van der Waals surface area contributed by atoms with Gasteiger partial charge in [0.2, 0.25) is 5.88 Å². The molecule has 3 heterocycles. The summed E-state index contributed by atoms with van der Waals surface area (Å²) in [5, 5.41) is 1.61. The summed E-state index contributed by atoms with van der Waals surface area (Å²) in [6.07, 6.45) is 4.96. The molecule has 5 aromatic rings. The summed E-state index contributed by atoms with van der Waals surface area (Å²) < 4.78 is 7.45. The zero-order chi connectivity index (χ0) is 21.2. The third kappa shape index (κ3) is 3.81. The monoisotopic (exact) mass is 428 g/mol. The minimum Gasteiger partial charge on any atom is -0.473 e. The molecule has 0 saturated carbocycles. The first kappa shape index (κ1) is 19.1. The zero-order valence-corrected chi connectivity index (χ0v) is 17.1. The van der Waals surface area contributed by atoms with E-state index in [1.165, 1.54) is 0 Å². The fourth-order valence-corrected chi connectivity index (χ4v) is 3.67. The van der Waals surface area contributed by atoms with Gasteiger partial charge in [0, 0.05) is 46.2 Å². The van der Waals surface area contributed by atoms with E-state index in [9.17, 15) is 4.79 Å². The van der Waals surface area contributed by atoms with Crippen LogP contribution in [-0.2, 0) is 6.61 Å². The van der Waals surface area contributed by atoms with Gasteiger partial charge in [-0.15, -0.1) is 0 Å². The average molecular weight is 429 g/mol. The Balaban J connectivity index is 1.40. The molecule has 0 spiro atoms. The second kappa shape index (κ2) is 8.08. The number of nitrogens with zero attached hydrogens (tertiary/aromatic N) is 3. The van der Waals surface area contributed by atoms with Gasteiger partial charge >= 0.3 is 5.69 Å². The summed E-state index contributed by atoms with van der Waals surface area (Å²) in [5.41, 5.74) is 3.72. The number of ether oxygens (including phenoxy) is 1. The van der Waals surface area contributed by atoms with E-state index in [0.29, 0.717) is 16.6 Å². The van der Waals surface area contributed by atoms with Gasteiger partial charge in [-0.25, -0.2) is 9.78 Å². The Hall–Kier alpha value is -3.90. The molecular formula is C24H17ClN4O2. The first-order chi connectivity index (χ1) is 15.2. The third-order valence-corrected chi connectivity index (χ3v) is 5.35. The number of aromatic amines is 1. The Morgan fingerprint density at radius 2 is 1.84 bits per heavy atom. The minimum atomic E-state index is -0.230. The van der Waals surface area contributed by atoms with Gasteiger partial charge in [0.05, 0.1) is 16.9 Å². The van der Waals surface area contributed by atoms with Gasteiger partial charge in [-0.3, -0.25) is 9.55 Å². The number of pyridine rings is 2. The van der Waals surface area contributed by atoms with Crippen molar-refractivity contribution in [2.24, 2.45) is 0 Å². The molecule has 0 aliphatic rings. The highest BCUT2D eigenvalue weighted by atomic mass is 35.5. The number of hydrogen-bond donors (Lipinski definition) is 1. The normalized spacial score (nSPS) is 11.0. The summed E-state index contributed by atoms with van der Waals surface area (Å²) in [5.74, 6) is 0.538. The van der Waals surface area contributed by atoms with Gasteiger partial charge in [-0.05, 0) is 30.3 Å². The summed E-state index contributed by atoms with van der Waals surface area (Å²) in [6, 6.07) is 20.9. The molecule has 2 aromatic carbocycles. The van der Waals surface area contributed by atoms with E-state index in [0.717, 1.165) is 27.7 Å². The maximum absolute atomic E-state index is 12.3. The zero-order valence-electron chi connectivity index (χ0n) is 16.3. The van der Waals surface area contributed by atoms with Gasteiger partial charge in [-0.1, -0.05) is 41.9 Å². The molecule has 3 aromatic heterocycles. The molecule has 0 amide bonds. The largest absolute Gasteiger partial charge is 0.473 e. The molecule has 0 radical (unpaired) electrons. The molecule has 1 N–H and O–H groups in total. The summed E-state index contributed by atoms with van der Waals surface area (Å²) in [6.45, 7) is 0.286. The van der Waals surface area contributed by atoms with Crippen LogP contribution in [-0.4, -0.2) is 19.5 Å². The molecule has 6 nitrogen and oxygen atoms in total. The second-order valence-corrected chi connectivity index (χ2v) is 7.36. The molecule has 31 heavy (non-hydrogen) atoms. The molecule has 7 heteroatoms. The molecule has 0 saturated heterocycles. The highest BCUT2D eigenvalue weighted by Gasteiger charge is 2.12. The average Bonchev–Trinajstić information content (AvgIpc) is 3.20. The van der Waals surface area contributed by atoms with Gasteiger partial charge in [-0.2, -0.15) is 0 Å². The van der Waals surface area contributed by atoms with Crippen LogP contribution < -0.4 is 10.4 Å². The lowest BCUT2D eigenvalue weighted by molar-refractivity contribution is 0.295. The number of nitrogens with one attached hydrogen (secondary N) is 1. The van der Waals surface area contributed by atoms with E-state index < -0.39 is 0 Å². The number of imidazole rings is 1. The van der Waals surface area contributed by atoms with Crippen LogP contribution in [0.25, 0.3) is 27.8 Å². The van der Waals surface area contributed by atoms with Crippen LogP contribution in [0.4, 0.5) is 0 Å². The molecule has 5 rings (SSSR count). The standard InChI is InChI=1S/C24H17ClN4O2/c25-20-13-17(22-14-27-24(30)29(22)19-9-11-26-12-10-19)5-6-18(20)15-31-23-8-7-16-3-1-2-4-21(16)28-23/h1-14H,15H2,(H,27,30). The fourth-order valence-electron chi connectivity index (χ4n) is 3.43. The van der Waals surface area contributed by atoms with Gasteiger partial charge in [0.15, 0.2) is 0 Å². The lowest BCUT2D eigenvalue weighted by Gasteiger charge is -2.11. The van der Waals surface area contributed by atoms with Crippen molar-refractivity contribution in [1.82, 2.24) is 19.5 Å². The molecule has 0 aliphatic heterocycles. The van der Waals surface area contributed by atoms with E-state index in [1.54, 1.807) is 35.3 Å². The van der Waals surface area contributed by atoms with Crippen LogP contribution in [0.5, 0.6) is 5.88 Å². The Kier molecular flexibility index (Phi) is 4.98. The molecule has 0 fully saturated rings. The topological polar surface area (TPSA) is 72.8 Å². The lowest BCUT2D eigenvalue weighted by Crippen LogP contribution is -2.15. The molecule has 152 valence electrons. The maximum atomic E-state index is 12.3. The van der Waals surface area contributed by atoms with Crippen molar-refractivity contribution in [3.05, 3.63) is 106 Å². The molecule has 0 bridgehead atoms. The van der Waals surface area contributed by atoms with E-state index in [4.69, 9.17) is 16.3 Å². The minimum absolute atomic E-state index is 0.230. The van der Waals surface area contributed by atoms with Crippen molar-refractivity contribution < 1.29 is 4.74 Å². The first-order valence-electron chi connectivity index (χ1n) is 9.67. The highest BCUT2D eigenvalue weighted by Crippen LogP contribution is 2.27. The number of hydrogen-bond acceptors (Lipinski definition) is 4. The number of benzene rings is 2. The van der Waals surface area contributed by atoms with Crippen molar-refractivity contribution in [3.63, 3.8) is 0 Å². The Morgan fingerprint density at radius 1 is 1.00 bits per heavy atom.